The Labute approximate surface area is 417 Å². The number of halogens is 4. The van der Waals surface area contributed by atoms with E-state index in [1.807, 2.05) is 58.2 Å². The van der Waals surface area contributed by atoms with Gasteiger partial charge in [-0.1, -0.05) is 35.0 Å². The number of anilines is 1. The number of carbonyl (C=O) groups excluding carboxylic acids is 3. The molecule has 14 nitrogen and oxygen atoms in total. The number of carbonyl (C=O) groups is 3. The summed E-state index contributed by atoms with van der Waals surface area (Å²) in [4.78, 5) is 54.2. The van der Waals surface area contributed by atoms with Crippen LogP contribution in [0.15, 0.2) is 103 Å². The van der Waals surface area contributed by atoms with Crippen LogP contribution in [0.5, 0.6) is 0 Å². The Bertz CT molecular complexity index is 2400. The molecule has 2 aliphatic rings. The maximum absolute atomic E-state index is 13.4. The number of imidazole rings is 1. The molecule has 18 heteroatoms. The van der Waals surface area contributed by atoms with Crippen LogP contribution < -0.4 is 16.4 Å². The number of benzene rings is 2. The molecular weight excluding hydrogens is 1000 g/mol. The van der Waals surface area contributed by atoms with Crippen molar-refractivity contribution in [3.63, 3.8) is 0 Å². The van der Waals surface area contributed by atoms with E-state index in [4.69, 9.17) is 15.2 Å². The van der Waals surface area contributed by atoms with E-state index in [-0.39, 0.29) is 76.6 Å². The minimum Gasteiger partial charge on any atom is -0.373 e. The molecule has 368 valence electrons. The number of aliphatic imine (C=N–C) groups is 1. The minimum atomic E-state index is -0.543. The molecule has 7 rings (SSSR count). The quantitative estimate of drug-likeness (QED) is 0.0805. The van der Waals surface area contributed by atoms with Crippen LogP contribution in [0.3, 0.4) is 0 Å². The Balaban J connectivity index is 0.000000262. The number of nitrogens with one attached hydrogen (secondary N) is 2. The molecule has 0 aliphatic carbocycles. The summed E-state index contributed by atoms with van der Waals surface area (Å²) in [5.41, 5.74) is 9.06. The lowest BCUT2D eigenvalue weighted by atomic mass is 10.0. The monoisotopic (exact) mass is 1070 g/mol. The van der Waals surface area contributed by atoms with Gasteiger partial charge in [-0.2, -0.15) is 0 Å². The summed E-state index contributed by atoms with van der Waals surface area (Å²) < 4.78 is 39.3. The third-order valence-electron chi connectivity index (χ3n) is 10.1. The summed E-state index contributed by atoms with van der Waals surface area (Å²) in [7, 11) is 0. The van der Waals surface area contributed by atoms with E-state index in [9.17, 15) is 23.2 Å². The fraction of sp³-hybridized carbons (Fsp3) is 0.420. The van der Waals surface area contributed by atoms with E-state index in [0.29, 0.717) is 29.3 Å². The summed E-state index contributed by atoms with van der Waals surface area (Å²) in [5.74, 6) is -0.421. The van der Waals surface area contributed by atoms with Crippen molar-refractivity contribution in [2.24, 2.45) is 10.7 Å². The van der Waals surface area contributed by atoms with Crippen molar-refractivity contribution in [2.45, 2.75) is 116 Å². The molecule has 2 aromatic carbocycles. The smallest absolute Gasteiger partial charge is 0.253 e. The number of aromatic nitrogens is 4. The first-order chi connectivity index (χ1) is 31.5. The maximum Gasteiger partial charge on any atom is 0.253 e. The van der Waals surface area contributed by atoms with Crippen molar-refractivity contribution >= 4 is 62.4 Å². The highest BCUT2D eigenvalue weighted by Gasteiger charge is 2.37. The highest BCUT2D eigenvalue weighted by Crippen LogP contribution is 2.40. The van der Waals surface area contributed by atoms with Gasteiger partial charge in [0.2, 0.25) is 5.95 Å². The number of amides is 2. The number of nitrogens with two attached hydrogens (primary N) is 1. The first kappa shape index (κ1) is 57.1. The van der Waals surface area contributed by atoms with Crippen molar-refractivity contribution in [1.82, 2.24) is 29.7 Å². The van der Waals surface area contributed by atoms with Gasteiger partial charge >= 0.3 is 0 Å². The van der Waals surface area contributed by atoms with Crippen LogP contribution in [0.4, 0.5) is 14.7 Å². The second-order valence-corrected chi connectivity index (χ2v) is 19.1. The Morgan fingerprint density at radius 3 is 1.72 bits per heavy atom. The molecule has 0 saturated carbocycles. The largest absolute Gasteiger partial charge is 0.373 e. The van der Waals surface area contributed by atoms with E-state index >= 15 is 0 Å². The standard InChI is InChI=1S/C21H21FN4O2.C13H9BrFNO.C8H15N3O2.C8H19N.BrH/c1-21(2,3)28-12-16-19(27)25-20-24-17(13-4-6-15(22)7-5-13)18(26(16)20)14-8-10-23-11-9-14;14-12(9-1-3-11(15)4-2-9)13(17)10-5-7-16-8-6-10;1-8(2,3)13-4-5-6(12)11-7(9)10-5;1-6-9(7(2)3)8(4)5;/h4-11,16H,12H2,1-3H3,(H,24,25,27);1-8,12H;5H,4H2,1-3H3,(H3,9,10,11,12);7-8H,6H2,1-5H3;1H/t16-;;5-;;/m0.0../s1. The number of fused-ring (bicyclic) bond motifs is 1. The molecule has 0 spiro atoms. The Kier molecular flexibility index (Phi) is 21.7. The lowest BCUT2D eigenvalue weighted by molar-refractivity contribution is -0.123. The molecule has 1 unspecified atom stereocenters. The average molecular weight is 1070 g/mol. The van der Waals surface area contributed by atoms with Gasteiger partial charge in [0.05, 0.1) is 35.8 Å². The zero-order valence-electron chi connectivity index (χ0n) is 40.6. The summed E-state index contributed by atoms with van der Waals surface area (Å²) >= 11 is 3.32. The van der Waals surface area contributed by atoms with Crippen molar-refractivity contribution in [3.05, 3.63) is 120 Å². The second kappa shape index (κ2) is 25.9. The van der Waals surface area contributed by atoms with Crippen LogP contribution in [0.25, 0.3) is 22.5 Å². The number of ketones is 1. The van der Waals surface area contributed by atoms with E-state index < -0.39 is 16.9 Å². The van der Waals surface area contributed by atoms with E-state index in [1.54, 1.807) is 61.2 Å². The fourth-order valence-electron chi connectivity index (χ4n) is 6.89. The number of hydrogen-bond acceptors (Lipinski definition) is 11. The number of guanidine groups is 1. The molecule has 5 heterocycles. The summed E-state index contributed by atoms with van der Waals surface area (Å²) in [5, 5.41) is 5.25. The third-order valence-corrected chi connectivity index (χ3v) is 11.0. The summed E-state index contributed by atoms with van der Waals surface area (Å²) in [6.07, 6.45) is 6.51. The van der Waals surface area contributed by atoms with Gasteiger partial charge < -0.3 is 15.2 Å². The van der Waals surface area contributed by atoms with Gasteiger partial charge in [-0.3, -0.25) is 44.5 Å². The molecule has 3 atom stereocenters. The summed E-state index contributed by atoms with van der Waals surface area (Å²) in [6, 6.07) is 19.4. The van der Waals surface area contributed by atoms with Gasteiger partial charge in [-0.05, 0) is 142 Å². The zero-order valence-corrected chi connectivity index (χ0v) is 43.9. The number of hydrogen-bond donors (Lipinski definition) is 3. The topological polar surface area (TPSA) is 179 Å². The van der Waals surface area contributed by atoms with Crippen molar-refractivity contribution in [1.29, 1.82) is 0 Å². The highest BCUT2D eigenvalue weighted by molar-refractivity contribution is 9.09. The molecule has 0 saturated heterocycles. The molecule has 0 fully saturated rings. The van der Waals surface area contributed by atoms with E-state index in [2.05, 4.69) is 86.0 Å². The molecule has 2 aliphatic heterocycles. The van der Waals surface area contributed by atoms with Gasteiger partial charge in [0, 0.05) is 53.6 Å². The summed E-state index contributed by atoms with van der Waals surface area (Å²) in [6.45, 7) is 24.4. The van der Waals surface area contributed by atoms with Gasteiger partial charge in [0.25, 0.3) is 11.8 Å². The lowest BCUT2D eigenvalue weighted by Crippen LogP contribution is -2.36. The molecule has 3 aromatic heterocycles. The molecule has 68 heavy (non-hydrogen) atoms. The van der Waals surface area contributed by atoms with Crippen LogP contribution >= 0.6 is 32.9 Å². The SMILES string of the molecule is Br.CC(C)(C)OC[C@@H]1N=C(N)NC1=O.CC(C)(C)OC[C@H]1C(=O)Nc2nc(-c3ccc(F)cc3)c(-c3ccncc3)n21.CCN(C(C)C)C(C)C.O=C(c1ccncc1)C(Br)c1ccc(F)cc1. The number of Topliss-reactive ketones (excluding diaryl/α,β-unsaturated/α-hetero) is 1. The van der Waals surface area contributed by atoms with Gasteiger partial charge in [-0.15, -0.1) is 17.0 Å². The Hall–Kier alpha value is -5.27. The van der Waals surface area contributed by atoms with Crippen molar-refractivity contribution in [3.8, 4) is 22.5 Å². The Morgan fingerprint density at radius 1 is 0.765 bits per heavy atom. The zero-order chi connectivity index (χ0) is 49.6. The van der Waals surface area contributed by atoms with Crippen molar-refractivity contribution in [2.75, 3.05) is 25.1 Å². The predicted molar refractivity (Wildman–Crippen MR) is 273 cm³/mol. The van der Waals surface area contributed by atoms with Crippen LogP contribution in [0, 0.1) is 11.6 Å². The highest BCUT2D eigenvalue weighted by atomic mass is 79.9. The molecule has 4 N–H and O–H groups in total. The number of pyridine rings is 2. The number of nitrogens with zero attached hydrogens (tertiary/aromatic N) is 6. The molecular formula is C50H65Br2F2N9O5. The van der Waals surface area contributed by atoms with E-state index in [0.717, 1.165) is 28.9 Å². The number of ether oxygens (including phenoxy) is 2. The fourth-order valence-corrected chi connectivity index (χ4v) is 7.46. The second-order valence-electron chi connectivity index (χ2n) is 18.1. The first-order valence-electron chi connectivity index (χ1n) is 22.1. The van der Waals surface area contributed by atoms with Crippen molar-refractivity contribution < 1.29 is 32.6 Å². The number of rotatable bonds is 12. The molecule has 5 aromatic rings. The van der Waals surface area contributed by atoms with E-state index in [1.165, 1.54) is 24.3 Å². The molecule has 0 radical (unpaired) electrons. The first-order valence-corrected chi connectivity index (χ1v) is 23.0. The third kappa shape index (κ3) is 17.0. The van der Waals surface area contributed by atoms with Gasteiger partial charge in [0.15, 0.2) is 17.8 Å². The normalized spacial score (nSPS) is 15.6. The molecule has 0 bridgehead atoms. The molecule has 2 amide bonds. The lowest BCUT2D eigenvalue weighted by Gasteiger charge is -2.28. The van der Waals surface area contributed by atoms with Crippen LogP contribution in [-0.4, -0.2) is 97.1 Å². The van der Waals surface area contributed by atoms with Gasteiger partial charge in [-0.25, -0.2) is 18.8 Å². The predicted octanol–water partition coefficient (Wildman–Crippen LogP) is 9.92. The average Bonchev–Trinajstić information content (AvgIpc) is 3.91. The van der Waals surface area contributed by atoms with Crippen LogP contribution in [-0.2, 0) is 19.1 Å². The van der Waals surface area contributed by atoms with Crippen LogP contribution in [0.1, 0.15) is 103 Å². The van der Waals surface area contributed by atoms with Gasteiger partial charge in [0.1, 0.15) is 22.5 Å². The Morgan fingerprint density at radius 2 is 1.26 bits per heavy atom. The minimum absolute atomic E-state index is 0. The maximum atomic E-state index is 13.4. The van der Waals surface area contributed by atoms with Crippen LogP contribution in [0.2, 0.25) is 0 Å². The number of alkyl halides is 1.